The first kappa shape index (κ1) is 17.0. The number of ether oxygens (including phenoxy) is 1. The molecule has 0 atom stereocenters. The summed E-state index contributed by atoms with van der Waals surface area (Å²) in [6, 6.07) is 7.45. The molecule has 2 rings (SSSR count). The van der Waals surface area contributed by atoms with Crippen molar-refractivity contribution in [2.24, 2.45) is 0 Å². The SMILES string of the molecule is CNCCNC(=O)CCCc1nc(-c2ccc(OC)cc2)no1. The van der Waals surface area contributed by atoms with E-state index in [0.29, 0.717) is 37.5 Å². The zero-order valence-electron chi connectivity index (χ0n) is 13.5. The van der Waals surface area contributed by atoms with E-state index in [0.717, 1.165) is 17.9 Å². The summed E-state index contributed by atoms with van der Waals surface area (Å²) in [5, 5.41) is 9.77. The van der Waals surface area contributed by atoms with Gasteiger partial charge in [-0.1, -0.05) is 5.16 Å². The van der Waals surface area contributed by atoms with Crippen molar-refractivity contribution < 1.29 is 14.1 Å². The van der Waals surface area contributed by atoms with Gasteiger partial charge in [-0.3, -0.25) is 4.79 Å². The van der Waals surface area contributed by atoms with Crippen LogP contribution in [0.1, 0.15) is 18.7 Å². The standard InChI is InChI=1S/C16H22N4O3/c1-17-10-11-18-14(21)4-3-5-15-19-16(20-23-15)12-6-8-13(22-2)9-7-12/h6-9,17H,3-5,10-11H2,1-2H3,(H,18,21). The number of rotatable bonds is 9. The molecule has 2 N–H and O–H groups in total. The van der Waals surface area contributed by atoms with E-state index >= 15 is 0 Å². The highest BCUT2D eigenvalue weighted by atomic mass is 16.5. The number of nitrogens with zero attached hydrogens (tertiary/aromatic N) is 2. The average molecular weight is 318 g/mol. The summed E-state index contributed by atoms with van der Waals surface area (Å²) in [4.78, 5) is 15.9. The minimum atomic E-state index is 0.0372. The fraction of sp³-hybridized carbons (Fsp3) is 0.438. The predicted molar refractivity (Wildman–Crippen MR) is 86.2 cm³/mol. The number of benzene rings is 1. The molecule has 124 valence electrons. The van der Waals surface area contributed by atoms with Crippen LogP contribution < -0.4 is 15.4 Å². The number of methoxy groups -OCH3 is 1. The van der Waals surface area contributed by atoms with Crippen molar-refractivity contribution in [2.45, 2.75) is 19.3 Å². The number of hydrogen-bond acceptors (Lipinski definition) is 6. The van der Waals surface area contributed by atoms with Crippen LogP contribution in [0.25, 0.3) is 11.4 Å². The van der Waals surface area contributed by atoms with Gasteiger partial charge in [-0.25, -0.2) is 0 Å². The summed E-state index contributed by atoms with van der Waals surface area (Å²) in [6.07, 6.45) is 1.71. The lowest BCUT2D eigenvalue weighted by Crippen LogP contribution is -2.30. The van der Waals surface area contributed by atoms with Crippen LogP contribution in [0.3, 0.4) is 0 Å². The van der Waals surface area contributed by atoms with E-state index in [9.17, 15) is 4.79 Å². The van der Waals surface area contributed by atoms with E-state index in [1.165, 1.54) is 0 Å². The van der Waals surface area contributed by atoms with E-state index in [1.807, 2.05) is 31.3 Å². The molecule has 0 saturated heterocycles. The molecular weight excluding hydrogens is 296 g/mol. The Kier molecular flexibility index (Phi) is 6.56. The van der Waals surface area contributed by atoms with Crippen molar-refractivity contribution in [1.29, 1.82) is 0 Å². The zero-order valence-corrected chi connectivity index (χ0v) is 13.5. The highest BCUT2D eigenvalue weighted by Gasteiger charge is 2.09. The molecule has 1 amide bonds. The second-order valence-corrected chi connectivity index (χ2v) is 5.05. The van der Waals surface area contributed by atoms with E-state index in [2.05, 4.69) is 20.8 Å². The first-order chi connectivity index (χ1) is 11.2. The first-order valence-electron chi connectivity index (χ1n) is 7.61. The minimum absolute atomic E-state index is 0.0372. The molecule has 0 fully saturated rings. The Morgan fingerprint density at radius 1 is 1.26 bits per heavy atom. The Bertz CT molecular complexity index is 610. The summed E-state index contributed by atoms with van der Waals surface area (Å²) < 4.78 is 10.3. The van der Waals surface area contributed by atoms with E-state index in [4.69, 9.17) is 9.26 Å². The minimum Gasteiger partial charge on any atom is -0.497 e. The quantitative estimate of drug-likeness (QED) is 0.679. The highest BCUT2D eigenvalue weighted by molar-refractivity contribution is 5.75. The molecule has 0 radical (unpaired) electrons. The molecule has 0 aliphatic heterocycles. The lowest BCUT2D eigenvalue weighted by molar-refractivity contribution is -0.121. The van der Waals surface area contributed by atoms with Gasteiger partial charge in [0, 0.05) is 31.5 Å². The molecule has 0 aliphatic rings. The summed E-state index contributed by atoms with van der Waals surface area (Å²) in [7, 11) is 3.47. The first-order valence-corrected chi connectivity index (χ1v) is 7.61. The molecule has 0 spiro atoms. The Balaban J connectivity index is 1.79. The Labute approximate surface area is 135 Å². The van der Waals surface area contributed by atoms with Gasteiger partial charge in [-0.2, -0.15) is 4.98 Å². The number of amides is 1. The van der Waals surface area contributed by atoms with E-state index < -0.39 is 0 Å². The number of carbonyl (C=O) groups excluding carboxylic acids is 1. The number of nitrogens with one attached hydrogen (secondary N) is 2. The van der Waals surface area contributed by atoms with Crippen molar-refractivity contribution in [2.75, 3.05) is 27.2 Å². The largest absolute Gasteiger partial charge is 0.497 e. The third-order valence-corrected chi connectivity index (χ3v) is 3.31. The molecule has 7 nitrogen and oxygen atoms in total. The second-order valence-electron chi connectivity index (χ2n) is 5.05. The number of aryl methyl sites for hydroxylation is 1. The summed E-state index contributed by atoms with van der Waals surface area (Å²) in [5.41, 5.74) is 0.866. The molecule has 0 aliphatic carbocycles. The van der Waals surface area contributed by atoms with Crippen LogP contribution >= 0.6 is 0 Å². The zero-order chi connectivity index (χ0) is 16.5. The van der Waals surface area contributed by atoms with Crippen LogP contribution in [0.2, 0.25) is 0 Å². The maximum Gasteiger partial charge on any atom is 0.226 e. The van der Waals surface area contributed by atoms with Crippen LogP contribution in [0, 0.1) is 0 Å². The van der Waals surface area contributed by atoms with Gasteiger partial charge in [0.05, 0.1) is 7.11 Å². The van der Waals surface area contributed by atoms with Gasteiger partial charge in [0.2, 0.25) is 17.6 Å². The number of likely N-dealkylation sites (N-methyl/N-ethyl adjacent to an activating group) is 1. The fourth-order valence-electron chi connectivity index (χ4n) is 2.03. The predicted octanol–water partition coefficient (Wildman–Crippen LogP) is 1.40. The van der Waals surface area contributed by atoms with E-state index in [-0.39, 0.29) is 5.91 Å². The lowest BCUT2D eigenvalue weighted by Gasteiger charge is -2.03. The molecule has 2 aromatic rings. The number of carbonyl (C=O) groups is 1. The Morgan fingerprint density at radius 2 is 2.04 bits per heavy atom. The Hall–Kier alpha value is -2.41. The maximum atomic E-state index is 11.6. The molecule has 1 aromatic carbocycles. The van der Waals surface area contributed by atoms with Gasteiger partial charge < -0.3 is 19.9 Å². The molecule has 7 heteroatoms. The average Bonchev–Trinajstić information content (AvgIpc) is 3.04. The third kappa shape index (κ3) is 5.37. The Morgan fingerprint density at radius 3 is 2.74 bits per heavy atom. The van der Waals surface area contributed by atoms with Crippen LogP contribution in [-0.4, -0.2) is 43.3 Å². The van der Waals surface area contributed by atoms with Crippen molar-refractivity contribution in [3.63, 3.8) is 0 Å². The van der Waals surface area contributed by atoms with Gasteiger partial charge in [-0.05, 0) is 37.7 Å². The number of hydrogen-bond donors (Lipinski definition) is 2. The summed E-state index contributed by atoms with van der Waals surface area (Å²) in [5.74, 6) is 1.90. The van der Waals surface area contributed by atoms with Gasteiger partial charge in [-0.15, -0.1) is 0 Å². The molecule has 1 aromatic heterocycles. The van der Waals surface area contributed by atoms with Gasteiger partial charge in [0.25, 0.3) is 0 Å². The van der Waals surface area contributed by atoms with Crippen molar-refractivity contribution >= 4 is 5.91 Å². The van der Waals surface area contributed by atoms with Crippen LogP contribution in [0.5, 0.6) is 5.75 Å². The molecular formula is C16H22N4O3. The van der Waals surface area contributed by atoms with Gasteiger partial charge in [0.15, 0.2) is 0 Å². The lowest BCUT2D eigenvalue weighted by atomic mass is 10.2. The normalized spacial score (nSPS) is 10.5. The fourth-order valence-corrected chi connectivity index (χ4v) is 2.03. The van der Waals surface area contributed by atoms with Crippen LogP contribution in [0.4, 0.5) is 0 Å². The molecule has 0 unspecified atom stereocenters. The van der Waals surface area contributed by atoms with Crippen molar-refractivity contribution in [1.82, 2.24) is 20.8 Å². The van der Waals surface area contributed by atoms with E-state index in [1.54, 1.807) is 7.11 Å². The maximum absolute atomic E-state index is 11.6. The monoisotopic (exact) mass is 318 g/mol. The van der Waals surface area contributed by atoms with Crippen LogP contribution in [-0.2, 0) is 11.2 Å². The summed E-state index contributed by atoms with van der Waals surface area (Å²) >= 11 is 0. The molecule has 1 heterocycles. The topological polar surface area (TPSA) is 89.3 Å². The summed E-state index contributed by atoms with van der Waals surface area (Å²) in [6.45, 7) is 1.40. The number of aromatic nitrogens is 2. The molecule has 0 saturated carbocycles. The molecule has 0 bridgehead atoms. The van der Waals surface area contributed by atoms with Crippen molar-refractivity contribution in [3.05, 3.63) is 30.2 Å². The molecule has 23 heavy (non-hydrogen) atoms. The van der Waals surface area contributed by atoms with Gasteiger partial charge in [0.1, 0.15) is 5.75 Å². The van der Waals surface area contributed by atoms with Gasteiger partial charge >= 0.3 is 0 Å². The highest BCUT2D eigenvalue weighted by Crippen LogP contribution is 2.20. The van der Waals surface area contributed by atoms with Crippen LogP contribution in [0.15, 0.2) is 28.8 Å². The van der Waals surface area contributed by atoms with Crippen molar-refractivity contribution in [3.8, 4) is 17.1 Å². The second kappa shape index (κ2) is 8.89. The smallest absolute Gasteiger partial charge is 0.226 e. The third-order valence-electron chi connectivity index (χ3n) is 3.31.